The first-order valence-electron chi connectivity index (χ1n) is 4.56. The van der Waals surface area contributed by atoms with Gasteiger partial charge in [0.2, 0.25) is 0 Å². The molecular weight excluding hydrogens is 203 g/mol. The summed E-state index contributed by atoms with van der Waals surface area (Å²) in [4.78, 5) is 0. The van der Waals surface area contributed by atoms with Crippen LogP contribution in [0.5, 0.6) is 0 Å². The molecule has 13 heavy (non-hydrogen) atoms. The standard InChI is InChI=1S/C11H10Cl2/c12-11(13)9-5-1-2-6-10(9,11)8-4-3-7-9/h1-6H,7-8H2. The van der Waals surface area contributed by atoms with E-state index < -0.39 is 4.33 Å². The summed E-state index contributed by atoms with van der Waals surface area (Å²) in [7, 11) is 0. The summed E-state index contributed by atoms with van der Waals surface area (Å²) in [6, 6.07) is 0. The first-order valence-corrected chi connectivity index (χ1v) is 5.32. The Labute approximate surface area is 87.9 Å². The lowest BCUT2D eigenvalue weighted by Crippen LogP contribution is -2.13. The largest absolute Gasteiger partial charge is 0.138 e. The van der Waals surface area contributed by atoms with Crippen LogP contribution in [0.3, 0.4) is 0 Å². The molecule has 68 valence electrons. The Balaban J connectivity index is 2.20. The Hall–Kier alpha value is -0.200. The van der Waals surface area contributed by atoms with Crippen LogP contribution < -0.4 is 0 Å². The quantitative estimate of drug-likeness (QED) is 0.425. The van der Waals surface area contributed by atoms with Crippen molar-refractivity contribution in [3.05, 3.63) is 36.5 Å². The molecule has 2 heteroatoms. The van der Waals surface area contributed by atoms with Gasteiger partial charge in [-0.3, -0.25) is 0 Å². The van der Waals surface area contributed by atoms with Gasteiger partial charge < -0.3 is 0 Å². The Morgan fingerprint density at radius 1 is 0.846 bits per heavy atom. The maximum atomic E-state index is 6.39. The van der Waals surface area contributed by atoms with E-state index in [-0.39, 0.29) is 10.8 Å². The Morgan fingerprint density at radius 3 is 1.77 bits per heavy atom. The van der Waals surface area contributed by atoms with E-state index >= 15 is 0 Å². The van der Waals surface area contributed by atoms with Gasteiger partial charge in [0.05, 0.1) is 0 Å². The molecule has 0 saturated heterocycles. The highest BCUT2D eigenvalue weighted by Crippen LogP contribution is 2.84. The van der Waals surface area contributed by atoms with Crippen molar-refractivity contribution in [2.75, 3.05) is 0 Å². The molecule has 0 heterocycles. The second-order valence-electron chi connectivity index (χ2n) is 4.11. The number of halogens is 2. The molecule has 0 aromatic rings. The summed E-state index contributed by atoms with van der Waals surface area (Å²) in [5.74, 6) is 0. The average Bonchev–Trinajstić information content (AvgIpc) is 2.61. The summed E-state index contributed by atoms with van der Waals surface area (Å²) in [6.07, 6.45) is 14.8. The minimum atomic E-state index is -0.590. The van der Waals surface area contributed by atoms with Crippen LogP contribution in [0.25, 0.3) is 0 Å². The van der Waals surface area contributed by atoms with E-state index in [0.717, 1.165) is 12.8 Å². The zero-order valence-electron chi connectivity index (χ0n) is 7.13. The molecule has 0 bridgehead atoms. The van der Waals surface area contributed by atoms with Crippen molar-refractivity contribution in [3.8, 4) is 0 Å². The first kappa shape index (κ1) is 8.14. The third-order valence-electron chi connectivity index (χ3n) is 3.77. The molecule has 3 aliphatic carbocycles. The normalized spacial score (nSPS) is 48.5. The fraction of sp³-hybridized carbons (Fsp3) is 0.455. The van der Waals surface area contributed by atoms with Crippen molar-refractivity contribution in [3.63, 3.8) is 0 Å². The number of allylic oxidation sites excluding steroid dienone is 6. The lowest BCUT2D eigenvalue weighted by atomic mass is 9.81. The number of hydrogen-bond donors (Lipinski definition) is 0. The molecule has 1 saturated carbocycles. The summed E-state index contributed by atoms with van der Waals surface area (Å²) in [5.41, 5.74) is -0.0147. The summed E-state index contributed by atoms with van der Waals surface area (Å²) >= 11 is 12.8. The van der Waals surface area contributed by atoms with Gasteiger partial charge in [0.25, 0.3) is 0 Å². The van der Waals surface area contributed by atoms with Gasteiger partial charge in [-0.15, -0.1) is 0 Å². The van der Waals surface area contributed by atoms with Gasteiger partial charge in [-0.25, -0.2) is 0 Å². The second-order valence-corrected chi connectivity index (χ2v) is 5.44. The topological polar surface area (TPSA) is 0 Å². The highest BCUT2D eigenvalue weighted by Gasteiger charge is 2.83. The maximum Gasteiger partial charge on any atom is 0.138 e. The third-order valence-corrected chi connectivity index (χ3v) is 5.12. The van der Waals surface area contributed by atoms with E-state index in [2.05, 4.69) is 36.5 Å². The van der Waals surface area contributed by atoms with Crippen LogP contribution in [0.2, 0.25) is 0 Å². The first-order chi connectivity index (χ1) is 6.16. The fourth-order valence-corrected chi connectivity index (χ4v) is 4.04. The second kappa shape index (κ2) is 2.07. The summed E-state index contributed by atoms with van der Waals surface area (Å²) < 4.78 is -0.590. The predicted octanol–water partition coefficient (Wildman–Crippen LogP) is 3.62. The van der Waals surface area contributed by atoms with Crippen molar-refractivity contribution in [1.82, 2.24) is 0 Å². The van der Waals surface area contributed by atoms with Crippen LogP contribution in [0, 0.1) is 10.8 Å². The highest BCUT2D eigenvalue weighted by atomic mass is 35.5. The van der Waals surface area contributed by atoms with Crippen LogP contribution in [0.1, 0.15) is 12.8 Å². The van der Waals surface area contributed by atoms with Crippen LogP contribution in [0.4, 0.5) is 0 Å². The average molecular weight is 213 g/mol. The van der Waals surface area contributed by atoms with E-state index in [4.69, 9.17) is 23.2 Å². The fourth-order valence-electron chi connectivity index (χ4n) is 2.90. The predicted molar refractivity (Wildman–Crippen MR) is 56.0 cm³/mol. The number of rotatable bonds is 0. The molecule has 0 aliphatic heterocycles. The number of hydrogen-bond acceptors (Lipinski definition) is 0. The highest BCUT2D eigenvalue weighted by molar-refractivity contribution is 6.53. The van der Waals surface area contributed by atoms with Gasteiger partial charge in [0.15, 0.2) is 0 Å². The molecule has 0 aromatic carbocycles. The number of alkyl halides is 2. The van der Waals surface area contributed by atoms with Gasteiger partial charge in [-0.05, 0) is 12.8 Å². The third kappa shape index (κ3) is 0.619. The van der Waals surface area contributed by atoms with Gasteiger partial charge >= 0.3 is 0 Å². The molecule has 0 amide bonds. The van der Waals surface area contributed by atoms with E-state index in [1.54, 1.807) is 0 Å². The SMILES string of the molecule is ClC1(Cl)C23C=CC=CC12CC=CC3. The van der Waals surface area contributed by atoms with Crippen molar-refractivity contribution in [2.45, 2.75) is 17.2 Å². The Morgan fingerprint density at radius 2 is 1.31 bits per heavy atom. The molecule has 3 aliphatic rings. The smallest absolute Gasteiger partial charge is 0.0996 e. The van der Waals surface area contributed by atoms with Crippen molar-refractivity contribution in [1.29, 1.82) is 0 Å². The van der Waals surface area contributed by atoms with E-state index in [9.17, 15) is 0 Å². The van der Waals surface area contributed by atoms with E-state index in [0.29, 0.717) is 0 Å². The molecule has 1 fully saturated rings. The van der Waals surface area contributed by atoms with Crippen molar-refractivity contribution >= 4 is 23.2 Å². The van der Waals surface area contributed by atoms with Gasteiger partial charge in [0.1, 0.15) is 4.33 Å². The molecule has 0 N–H and O–H groups in total. The van der Waals surface area contributed by atoms with Crippen LogP contribution >= 0.6 is 23.2 Å². The minimum Gasteiger partial charge on any atom is -0.0996 e. The van der Waals surface area contributed by atoms with Crippen molar-refractivity contribution < 1.29 is 0 Å². The maximum absolute atomic E-state index is 6.39. The van der Waals surface area contributed by atoms with Gasteiger partial charge in [-0.2, -0.15) is 0 Å². The zero-order valence-corrected chi connectivity index (χ0v) is 8.65. The summed E-state index contributed by atoms with van der Waals surface area (Å²) in [5, 5.41) is 0. The van der Waals surface area contributed by atoms with Gasteiger partial charge in [-0.1, -0.05) is 59.7 Å². The zero-order chi connectivity index (χ0) is 9.16. The summed E-state index contributed by atoms with van der Waals surface area (Å²) in [6.45, 7) is 0. The van der Waals surface area contributed by atoms with E-state index in [1.807, 2.05) is 0 Å². The molecular formula is C11H10Cl2. The molecule has 0 spiro atoms. The molecule has 2 unspecified atom stereocenters. The monoisotopic (exact) mass is 212 g/mol. The molecule has 0 aromatic heterocycles. The van der Waals surface area contributed by atoms with Crippen LogP contribution in [-0.2, 0) is 0 Å². The Bertz CT molecular complexity index is 319. The molecule has 3 rings (SSSR count). The van der Waals surface area contributed by atoms with Crippen molar-refractivity contribution in [2.24, 2.45) is 10.8 Å². The molecule has 0 nitrogen and oxygen atoms in total. The van der Waals surface area contributed by atoms with E-state index in [1.165, 1.54) is 0 Å². The lowest BCUT2D eigenvalue weighted by Gasteiger charge is -2.22. The van der Waals surface area contributed by atoms with Crippen LogP contribution in [-0.4, -0.2) is 4.33 Å². The Kier molecular flexibility index (Phi) is 1.29. The van der Waals surface area contributed by atoms with Crippen LogP contribution in [0.15, 0.2) is 36.5 Å². The molecule has 2 atom stereocenters. The lowest BCUT2D eigenvalue weighted by molar-refractivity contribution is 0.460. The minimum absolute atomic E-state index is 0.00733. The van der Waals surface area contributed by atoms with Gasteiger partial charge in [0, 0.05) is 10.8 Å². The molecule has 0 radical (unpaired) electrons.